The van der Waals surface area contributed by atoms with Crippen molar-refractivity contribution in [1.82, 2.24) is 20.5 Å². The fraction of sp³-hybridized carbons (Fsp3) is 0.625. The lowest BCUT2D eigenvalue weighted by Crippen LogP contribution is -2.41. The Bertz CT molecular complexity index is 505. The van der Waals surface area contributed by atoms with Crippen molar-refractivity contribution in [2.75, 3.05) is 45.9 Å². The van der Waals surface area contributed by atoms with Crippen LogP contribution in [-0.2, 0) is 15.9 Å². The normalized spacial score (nSPS) is 20.0. The Balaban J connectivity index is 1.26. The second-order valence-electron chi connectivity index (χ2n) is 5.92. The molecule has 2 fully saturated rings. The van der Waals surface area contributed by atoms with Crippen LogP contribution < -0.4 is 10.6 Å². The molecule has 0 bridgehead atoms. The van der Waals surface area contributed by atoms with Gasteiger partial charge in [-0.2, -0.15) is 0 Å². The molecule has 0 saturated carbocycles. The van der Waals surface area contributed by atoms with Gasteiger partial charge >= 0.3 is 6.03 Å². The molecule has 7 heteroatoms. The van der Waals surface area contributed by atoms with Gasteiger partial charge in [-0.05, 0) is 24.1 Å². The van der Waals surface area contributed by atoms with Crippen molar-refractivity contribution in [1.29, 1.82) is 0 Å². The monoisotopic (exact) mass is 320 g/mol. The van der Waals surface area contributed by atoms with Gasteiger partial charge < -0.3 is 20.1 Å². The zero-order valence-electron chi connectivity index (χ0n) is 13.3. The van der Waals surface area contributed by atoms with Gasteiger partial charge in [0.25, 0.3) is 0 Å². The SMILES string of the molecule is O=C(NCCc1ccncc1)NCCN1CCC2(C1)OCCO2. The first-order valence-electron chi connectivity index (χ1n) is 8.17. The van der Waals surface area contributed by atoms with Crippen LogP contribution >= 0.6 is 0 Å². The molecule has 2 amide bonds. The van der Waals surface area contributed by atoms with E-state index in [1.807, 2.05) is 12.1 Å². The second kappa shape index (κ2) is 7.72. The van der Waals surface area contributed by atoms with E-state index in [1.54, 1.807) is 12.4 Å². The molecule has 23 heavy (non-hydrogen) atoms. The van der Waals surface area contributed by atoms with E-state index in [1.165, 1.54) is 5.56 Å². The fourth-order valence-electron chi connectivity index (χ4n) is 3.01. The predicted octanol–water partition coefficient (Wildman–Crippen LogP) is 0.372. The number of nitrogens with zero attached hydrogens (tertiary/aromatic N) is 2. The zero-order valence-corrected chi connectivity index (χ0v) is 13.3. The molecule has 126 valence electrons. The third-order valence-corrected chi connectivity index (χ3v) is 4.25. The van der Waals surface area contributed by atoms with E-state index in [0.29, 0.717) is 26.3 Å². The maximum atomic E-state index is 11.8. The van der Waals surface area contributed by atoms with E-state index >= 15 is 0 Å². The van der Waals surface area contributed by atoms with Gasteiger partial charge in [-0.3, -0.25) is 9.88 Å². The molecule has 3 rings (SSSR count). The topological polar surface area (TPSA) is 75.7 Å². The summed E-state index contributed by atoms with van der Waals surface area (Å²) < 4.78 is 11.4. The lowest BCUT2D eigenvalue weighted by Gasteiger charge is -2.22. The minimum atomic E-state index is -0.382. The summed E-state index contributed by atoms with van der Waals surface area (Å²) >= 11 is 0. The van der Waals surface area contributed by atoms with Crippen molar-refractivity contribution in [3.05, 3.63) is 30.1 Å². The molecule has 0 radical (unpaired) electrons. The molecule has 0 aromatic carbocycles. The number of amides is 2. The molecule has 1 spiro atoms. The number of rotatable bonds is 6. The van der Waals surface area contributed by atoms with Crippen LogP contribution in [0.2, 0.25) is 0 Å². The van der Waals surface area contributed by atoms with Crippen LogP contribution in [0.1, 0.15) is 12.0 Å². The van der Waals surface area contributed by atoms with E-state index in [0.717, 1.165) is 32.5 Å². The first kappa shape index (κ1) is 16.2. The largest absolute Gasteiger partial charge is 0.346 e. The fourth-order valence-corrected chi connectivity index (χ4v) is 3.01. The summed E-state index contributed by atoms with van der Waals surface area (Å²) in [6.45, 7) is 5.16. The molecule has 0 aliphatic carbocycles. The number of nitrogens with one attached hydrogen (secondary N) is 2. The molecule has 3 heterocycles. The van der Waals surface area contributed by atoms with E-state index < -0.39 is 0 Å². The predicted molar refractivity (Wildman–Crippen MR) is 85.0 cm³/mol. The van der Waals surface area contributed by atoms with Crippen molar-refractivity contribution in [3.63, 3.8) is 0 Å². The molecule has 1 aromatic heterocycles. The smallest absolute Gasteiger partial charge is 0.314 e. The van der Waals surface area contributed by atoms with Crippen molar-refractivity contribution in [3.8, 4) is 0 Å². The maximum Gasteiger partial charge on any atom is 0.314 e. The summed E-state index contributed by atoms with van der Waals surface area (Å²) in [4.78, 5) is 18.0. The Morgan fingerprint density at radius 1 is 1.22 bits per heavy atom. The van der Waals surface area contributed by atoms with Gasteiger partial charge in [0.2, 0.25) is 0 Å². The van der Waals surface area contributed by atoms with Crippen molar-refractivity contribution >= 4 is 6.03 Å². The number of carbonyl (C=O) groups excluding carboxylic acids is 1. The molecule has 1 aromatic rings. The molecule has 2 N–H and O–H groups in total. The zero-order chi connectivity index (χ0) is 16.0. The van der Waals surface area contributed by atoms with Gasteiger partial charge in [0, 0.05) is 45.0 Å². The molecule has 2 aliphatic rings. The Hall–Kier alpha value is -1.70. The standard InChI is InChI=1S/C16H24N4O3/c21-15(18-7-3-14-1-5-17-6-2-14)19-8-10-20-9-4-16(13-20)22-11-12-23-16/h1-2,5-6H,3-4,7-13H2,(H2,18,19,21). The highest BCUT2D eigenvalue weighted by Crippen LogP contribution is 2.29. The van der Waals surface area contributed by atoms with Crippen molar-refractivity contribution in [2.24, 2.45) is 0 Å². The van der Waals surface area contributed by atoms with Crippen molar-refractivity contribution < 1.29 is 14.3 Å². The van der Waals surface area contributed by atoms with Crippen LogP contribution in [0.25, 0.3) is 0 Å². The number of pyridine rings is 1. The highest BCUT2D eigenvalue weighted by molar-refractivity contribution is 5.73. The first-order chi connectivity index (χ1) is 11.3. The van der Waals surface area contributed by atoms with Crippen LogP contribution in [0.3, 0.4) is 0 Å². The van der Waals surface area contributed by atoms with Gasteiger partial charge in [-0.25, -0.2) is 4.79 Å². The van der Waals surface area contributed by atoms with Crippen LogP contribution in [0.15, 0.2) is 24.5 Å². The molecular weight excluding hydrogens is 296 g/mol. The number of aromatic nitrogens is 1. The minimum Gasteiger partial charge on any atom is -0.346 e. The molecule has 2 aliphatic heterocycles. The number of hydrogen-bond acceptors (Lipinski definition) is 5. The van der Waals surface area contributed by atoms with E-state index in [4.69, 9.17) is 9.47 Å². The average molecular weight is 320 g/mol. The van der Waals surface area contributed by atoms with Crippen LogP contribution in [0.4, 0.5) is 4.79 Å². The van der Waals surface area contributed by atoms with E-state index in [9.17, 15) is 4.79 Å². The maximum absolute atomic E-state index is 11.8. The highest BCUT2D eigenvalue weighted by Gasteiger charge is 2.42. The third-order valence-electron chi connectivity index (χ3n) is 4.25. The van der Waals surface area contributed by atoms with Gasteiger partial charge in [0.15, 0.2) is 5.79 Å². The van der Waals surface area contributed by atoms with Crippen LogP contribution in [-0.4, -0.2) is 67.6 Å². The molecule has 0 atom stereocenters. The molecule has 7 nitrogen and oxygen atoms in total. The first-order valence-corrected chi connectivity index (χ1v) is 8.17. The van der Waals surface area contributed by atoms with E-state index in [2.05, 4.69) is 20.5 Å². The Labute approximate surface area is 136 Å². The van der Waals surface area contributed by atoms with E-state index in [-0.39, 0.29) is 11.8 Å². The molecular formula is C16H24N4O3. The lowest BCUT2D eigenvalue weighted by atomic mass is 10.2. The Morgan fingerprint density at radius 2 is 1.96 bits per heavy atom. The van der Waals surface area contributed by atoms with Crippen molar-refractivity contribution in [2.45, 2.75) is 18.6 Å². The number of hydrogen-bond donors (Lipinski definition) is 2. The number of urea groups is 1. The number of ether oxygens (including phenoxy) is 2. The van der Waals surface area contributed by atoms with Crippen LogP contribution in [0.5, 0.6) is 0 Å². The lowest BCUT2D eigenvalue weighted by molar-refractivity contribution is -0.145. The van der Waals surface area contributed by atoms with Gasteiger partial charge in [0.05, 0.1) is 19.8 Å². The molecule has 0 unspecified atom stereocenters. The van der Waals surface area contributed by atoms with Crippen LogP contribution in [0, 0.1) is 0 Å². The average Bonchev–Trinajstić information content (AvgIpc) is 3.19. The second-order valence-corrected chi connectivity index (χ2v) is 5.92. The summed E-state index contributed by atoms with van der Waals surface area (Å²) in [5, 5.41) is 5.76. The summed E-state index contributed by atoms with van der Waals surface area (Å²) in [7, 11) is 0. The third kappa shape index (κ3) is 4.63. The minimum absolute atomic E-state index is 0.124. The number of likely N-dealkylation sites (tertiary alicyclic amines) is 1. The Morgan fingerprint density at radius 3 is 2.74 bits per heavy atom. The van der Waals surface area contributed by atoms with Gasteiger partial charge in [0.1, 0.15) is 0 Å². The quantitative estimate of drug-likeness (QED) is 0.792. The highest BCUT2D eigenvalue weighted by atomic mass is 16.7. The summed E-state index contributed by atoms with van der Waals surface area (Å²) in [5.74, 6) is -0.382. The molecule has 2 saturated heterocycles. The Kier molecular flexibility index (Phi) is 5.43. The summed E-state index contributed by atoms with van der Waals surface area (Å²) in [6, 6.07) is 3.78. The van der Waals surface area contributed by atoms with Gasteiger partial charge in [-0.1, -0.05) is 0 Å². The van der Waals surface area contributed by atoms with Gasteiger partial charge in [-0.15, -0.1) is 0 Å². The number of carbonyl (C=O) groups is 1. The summed E-state index contributed by atoms with van der Waals surface area (Å²) in [5.41, 5.74) is 1.17. The summed E-state index contributed by atoms with van der Waals surface area (Å²) in [6.07, 6.45) is 5.23.